The Kier molecular flexibility index (Phi) is 6.58. The summed E-state index contributed by atoms with van der Waals surface area (Å²) in [7, 11) is 2.24. The van der Waals surface area contributed by atoms with E-state index in [0.29, 0.717) is 6.04 Å². The Morgan fingerprint density at radius 2 is 1.92 bits per heavy atom. The smallest absolute Gasteiger partial charge is 0.0489 e. The second-order valence-corrected chi connectivity index (χ2v) is 9.06. The third-order valence-corrected chi connectivity index (χ3v) is 7.05. The van der Waals surface area contributed by atoms with Crippen LogP contribution in [0, 0.1) is 17.8 Å². The van der Waals surface area contributed by atoms with Gasteiger partial charge in [0.15, 0.2) is 0 Å². The molecule has 0 spiro atoms. The number of nitrogens with one attached hydrogen (secondary N) is 1. The molecule has 0 aromatic heterocycles. The van der Waals surface area contributed by atoms with Crippen molar-refractivity contribution in [1.29, 1.82) is 0 Å². The second-order valence-electron chi connectivity index (χ2n) is 9.06. The largest absolute Gasteiger partial charge is 0.329 e. The van der Waals surface area contributed by atoms with Crippen LogP contribution in [0.5, 0.6) is 0 Å². The number of likely N-dealkylation sites (N-methyl/N-ethyl adjacent to an activating group) is 1. The van der Waals surface area contributed by atoms with Crippen molar-refractivity contribution in [2.75, 3.05) is 33.4 Å². The highest BCUT2D eigenvalue weighted by Crippen LogP contribution is 2.42. The van der Waals surface area contributed by atoms with Crippen LogP contribution in [0.4, 0.5) is 0 Å². The summed E-state index contributed by atoms with van der Waals surface area (Å²) in [5, 5.41) is 3.82. The highest BCUT2D eigenvalue weighted by molar-refractivity contribution is 4.98. The van der Waals surface area contributed by atoms with Crippen LogP contribution in [0.3, 0.4) is 0 Å². The lowest BCUT2D eigenvalue weighted by molar-refractivity contribution is 0.0970. The zero-order valence-corrected chi connectivity index (χ0v) is 16.2. The fourth-order valence-electron chi connectivity index (χ4n) is 5.82. The molecule has 5 atom stereocenters. The molecule has 5 unspecified atom stereocenters. The lowest BCUT2D eigenvalue weighted by Gasteiger charge is -2.42. The minimum absolute atomic E-state index is 0.682. The van der Waals surface area contributed by atoms with Crippen LogP contribution < -0.4 is 11.1 Å². The average Bonchev–Trinajstić information content (AvgIpc) is 2.98. The van der Waals surface area contributed by atoms with Gasteiger partial charge in [-0.25, -0.2) is 0 Å². The van der Waals surface area contributed by atoms with E-state index in [4.69, 9.17) is 5.73 Å². The highest BCUT2D eigenvalue weighted by Gasteiger charge is 2.42. The van der Waals surface area contributed by atoms with Crippen molar-refractivity contribution in [2.24, 2.45) is 23.5 Å². The third-order valence-electron chi connectivity index (χ3n) is 7.05. The van der Waals surface area contributed by atoms with Gasteiger partial charge < -0.3 is 10.6 Å². The summed E-state index contributed by atoms with van der Waals surface area (Å²) in [5.41, 5.74) is 5.71. The van der Waals surface area contributed by atoms with E-state index in [0.717, 1.165) is 49.6 Å². The third kappa shape index (κ3) is 4.32. The number of fused-ring (bicyclic) bond motifs is 1. The Bertz CT molecular complexity index is 386. The van der Waals surface area contributed by atoms with Crippen LogP contribution >= 0.6 is 0 Å². The molecule has 0 amide bonds. The first-order valence-electron chi connectivity index (χ1n) is 10.5. The zero-order chi connectivity index (χ0) is 17.1. The van der Waals surface area contributed by atoms with Gasteiger partial charge in [-0.15, -0.1) is 0 Å². The molecule has 2 saturated carbocycles. The molecule has 140 valence electrons. The first kappa shape index (κ1) is 18.6. The van der Waals surface area contributed by atoms with Gasteiger partial charge in [0.2, 0.25) is 0 Å². The summed E-state index contributed by atoms with van der Waals surface area (Å²) in [5.74, 6) is 2.85. The number of hydrogen-bond acceptors (Lipinski definition) is 4. The van der Waals surface area contributed by atoms with E-state index in [1.807, 2.05) is 0 Å². The molecule has 4 heteroatoms. The molecule has 1 saturated heterocycles. The Morgan fingerprint density at radius 1 is 1.12 bits per heavy atom. The Hall–Kier alpha value is -0.160. The number of hydrogen-bond donors (Lipinski definition) is 2. The molecule has 0 aromatic carbocycles. The van der Waals surface area contributed by atoms with Crippen molar-refractivity contribution in [3.63, 3.8) is 0 Å². The summed E-state index contributed by atoms with van der Waals surface area (Å²) < 4.78 is 0. The predicted molar refractivity (Wildman–Crippen MR) is 102 cm³/mol. The molecule has 0 radical (unpaired) electrons. The second kappa shape index (κ2) is 8.48. The maximum absolute atomic E-state index is 5.71. The van der Waals surface area contributed by atoms with Crippen molar-refractivity contribution in [3.05, 3.63) is 0 Å². The summed E-state index contributed by atoms with van der Waals surface area (Å²) in [6.45, 7) is 8.89. The van der Waals surface area contributed by atoms with E-state index in [2.05, 4.69) is 36.0 Å². The van der Waals surface area contributed by atoms with E-state index in [9.17, 15) is 0 Å². The minimum atomic E-state index is 0.682. The quantitative estimate of drug-likeness (QED) is 0.782. The van der Waals surface area contributed by atoms with E-state index < -0.39 is 0 Å². The summed E-state index contributed by atoms with van der Waals surface area (Å²) in [4.78, 5) is 5.13. The molecule has 24 heavy (non-hydrogen) atoms. The maximum Gasteiger partial charge on any atom is 0.0489 e. The van der Waals surface area contributed by atoms with Crippen molar-refractivity contribution in [3.8, 4) is 0 Å². The zero-order valence-electron chi connectivity index (χ0n) is 16.2. The Labute approximate surface area is 149 Å². The molecular formula is C20H40N4. The standard InChI is InChI=1S/C20H40N4/c1-15(2)24-14-22-19-12-18(7-8-20(19)24)17-6-4-5-16(11-17)13-23(3)10-9-21/h15-20,22H,4-14,21H2,1-3H3. The van der Waals surface area contributed by atoms with Gasteiger partial charge in [0.25, 0.3) is 0 Å². The molecule has 4 nitrogen and oxygen atoms in total. The van der Waals surface area contributed by atoms with E-state index in [1.165, 1.54) is 51.5 Å². The first-order valence-corrected chi connectivity index (χ1v) is 10.5. The van der Waals surface area contributed by atoms with Crippen molar-refractivity contribution < 1.29 is 0 Å². The number of rotatable bonds is 6. The predicted octanol–water partition coefficient (Wildman–Crippen LogP) is 2.49. The van der Waals surface area contributed by atoms with Crippen molar-refractivity contribution in [2.45, 2.75) is 76.9 Å². The molecule has 0 aromatic rings. The molecule has 3 N–H and O–H groups in total. The Balaban J connectivity index is 1.50. The van der Waals surface area contributed by atoms with Gasteiger partial charge in [0.05, 0.1) is 0 Å². The summed E-state index contributed by atoms with van der Waals surface area (Å²) >= 11 is 0. The summed E-state index contributed by atoms with van der Waals surface area (Å²) in [6, 6.07) is 2.24. The van der Waals surface area contributed by atoms with Crippen molar-refractivity contribution >= 4 is 0 Å². The average molecular weight is 337 g/mol. The lowest BCUT2D eigenvalue weighted by atomic mass is 9.68. The minimum Gasteiger partial charge on any atom is -0.329 e. The fraction of sp³-hybridized carbons (Fsp3) is 1.00. The molecule has 1 aliphatic heterocycles. The first-order chi connectivity index (χ1) is 11.6. The highest BCUT2D eigenvalue weighted by atomic mass is 15.3. The van der Waals surface area contributed by atoms with Gasteiger partial charge in [0.1, 0.15) is 0 Å². The Morgan fingerprint density at radius 3 is 2.67 bits per heavy atom. The van der Waals surface area contributed by atoms with Crippen LogP contribution in [0.25, 0.3) is 0 Å². The van der Waals surface area contributed by atoms with Gasteiger partial charge in [-0.3, -0.25) is 10.2 Å². The van der Waals surface area contributed by atoms with Crippen molar-refractivity contribution in [1.82, 2.24) is 15.1 Å². The fourth-order valence-corrected chi connectivity index (χ4v) is 5.82. The maximum atomic E-state index is 5.71. The summed E-state index contributed by atoms with van der Waals surface area (Å²) in [6.07, 6.45) is 10.1. The topological polar surface area (TPSA) is 44.5 Å². The molecule has 0 bridgehead atoms. The normalized spacial score (nSPS) is 38.0. The van der Waals surface area contributed by atoms with E-state index >= 15 is 0 Å². The van der Waals surface area contributed by atoms with Gasteiger partial charge in [-0.2, -0.15) is 0 Å². The molecule has 3 aliphatic rings. The van der Waals surface area contributed by atoms with E-state index in [1.54, 1.807) is 0 Å². The lowest BCUT2D eigenvalue weighted by Crippen LogP contribution is -2.45. The SMILES string of the molecule is CC(C)N1CNC2CC(C3CCCC(CN(C)CCN)C3)CCC21. The van der Waals surface area contributed by atoms with Crippen LogP contribution in [-0.2, 0) is 0 Å². The number of nitrogens with two attached hydrogens (primary N) is 1. The van der Waals surface area contributed by atoms with Crippen LogP contribution in [-0.4, -0.2) is 61.3 Å². The molecular weight excluding hydrogens is 296 g/mol. The van der Waals surface area contributed by atoms with Gasteiger partial charge in [-0.05, 0) is 70.8 Å². The number of nitrogens with zero attached hydrogens (tertiary/aromatic N) is 2. The monoisotopic (exact) mass is 336 g/mol. The van der Waals surface area contributed by atoms with Gasteiger partial charge in [-0.1, -0.05) is 12.8 Å². The molecule has 3 fully saturated rings. The molecule has 2 aliphatic carbocycles. The van der Waals surface area contributed by atoms with Crippen LogP contribution in [0.2, 0.25) is 0 Å². The molecule has 1 heterocycles. The van der Waals surface area contributed by atoms with Crippen LogP contribution in [0.15, 0.2) is 0 Å². The van der Waals surface area contributed by atoms with Gasteiger partial charge in [0, 0.05) is 44.4 Å². The van der Waals surface area contributed by atoms with E-state index in [-0.39, 0.29) is 0 Å². The van der Waals surface area contributed by atoms with Gasteiger partial charge >= 0.3 is 0 Å². The van der Waals surface area contributed by atoms with Crippen LogP contribution in [0.1, 0.15) is 58.8 Å². The molecule has 3 rings (SSSR count).